The van der Waals surface area contributed by atoms with Crippen LogP contribution in [-0.2, 0) is 6.42 Å². The Morgan fingerprint density at radius 3 is 2.64 bits per heavy atom. The highest BCUT2D eigenvalue weighted by Crippen LogP contribution is 2.42. The van der Waals surface area contributed by atoms with Gasteiger partial charge in [0.25, 0.3) is 5.91 Å². The molecule has 2 aromatic carbocycles. The monoisotopic (exact) mass is 463 g/mol. The number of carbonyl (C=O) groups is 2. The Bertz CT molecular complexity index is 1360. The molecule has 0 saturated heterocycles. The maximum Gasteiger partial charge on any atom is 0.357 e. The molecule has 2 aromatic heterocycles. The van der Waals surface area contributed by atoms with Crippen molar-refractivity contribution in [3.8, 4) is 11.5 Å². The third-order valence-corrected chi connectivity index (χ3v) is 6.88. The number of methoxy groups -OCH3 is 2. The van der Waals surface area contributed by atoms with Crippen molar-refractivity contribution in [2.45, 2.75) is 12.5 Å². The molecule has 8 nitrogen and oxygen atoms in total. The molecule has 168 valence electrons. The lowest BCUT2D eigenvalue weighted by Gasteiger charge is -2.37. The summed E-state index contributed by atoms with van der Waals surface area (Å²) in [6.45, 7) is 0.513. The molecule has 33 heavy (non-hydrogen) atoms. The van der Waals surface area contributed by atoms with E-state index < -0.39 is 5.97 Å². The van der Waals surface area contributed by atoms with Crippen molar-refractivity contribution in [1.29, 1.82) is 0 Å². The van der Waals surface area contributed by atoms with Crippen molar-refractivity contribution < 1.29 is 24.2 Å². The van der Waals surface area contributed by atoms with Gasteiger partial charge in [0.2, 0.25) is 0 Å². The summed E-state index contributed by atoms with van der Waals surface area (Å²) in [7, 11) is 3.20. The third kappa shape index (κ3) is 3.50. The number of hydrogen-bond acceptors (Lipinski definition) is 6. The first-order chi connectivity index (χ1) is 16.0. The number of aromatic carboxylic acids is 1. The molecule has 0 bridgehead atoms. The number of aromatic amines is 1. The standard InChI is InChI=1S/C24H21N3O5S/c1-31-18-11-13-7-8-27(22(20-4-3-9-33-20)15(13)12-19(18)32-2)23(28)14-5-6-17-16(10-14)21(24(29)30)26-25-17/h3-6,9-12,22H,7-8H2,1-2H3,(H,25,26)(H,29,30). The highest BCUT2D eigenvalue weighted by atomic mass is 32.1. The van der Waals surface area contributed by atoms with E-state index in [0.29, 0.717) is 40.9 Å². The first kappa shape index (κ1) is 21.0. The molecule has 5 rings (SSSR count). The van der Waals surface area contributed by atoms with Crippen molar-refractivity contribution in [3.05, 3.63) is 75.1 Å². The van der Waals surface area contributed by atoms with Crippen LogP contribution in [0.2, 0.25) is 0 Å². The minimum Gasteiger partial charge on any atom is -0.493 e. The summed E-state index contributed by atoms with van der Waals surface area (Å²) in [6, 6.07) is 12.6. The zero-order valence-electron chi connectivity index (χ0n) is 18.0. The number of thiophene rings is 1. The SMILES string of the molecule is COc1cc2c(cc1OC)C(c1cccs1)N(C(=O)c1ccc3[nH]nc(C(=O)O)c3c1)CC2. The van der Waals surface area contributed by atoms with Crippen LogP contribution < -0.4 is 9.47 Å². The third-order valence-electron chi connectivity index (χ3n) is 5.96. The number of hydrogen-bond donors (Lipinski definition) is 2. The lowest BCUT2D eigenvalue weighted by molar-refractivity contribution is 0.0683. The summed E-state index contributed by atoms with van der Waals surface area (Å²) in [6.07, 6.45) is 0.664. The van der Waals surface area contributed by atoms with Crippen LogP contribution in [0.25, 0.3) is 10.9 Å². The first-order valence-corrected chi connectivity index (χ1v) is 11.2. The van der Waals surface area contributed by atoms with Gasteiger partial charge >= 0.3 is 5.97 Å². The Morgan fingerprint density at radius 1 is 1.15 bits per heavy atom. The molecule has 9 heteroatoms. The van der Waals surface area contributed by atoms with Gasteiger partial charge in [-0.05, 0) is 59.3 Å². The van der Waals surface area contributed by atoms with E-state index in [1.54, 1.807) is 43.8 Å². The van der Waals surface area contributed by atoms with Gasteiger partial charge in [-0.3, -0.25) is 9.89 Å². The van der Waals surface area contributed by atoms with Crippen molar-refractivity contribution in [2.75, 3.05) is 20.8 Å². The number of carboxylic acid groups (broad SMARTS) is 1. The van der Waals surface area contributed by atoms with E-state index >= 15 is 0 Å². The molecule has 1 atom stereocenters. The van der Waals surface area contributed by atoms with Crippen molar-refractivity contribution in [1.82, 2.24) is 15.1 Å². The molecule has 3 heterocycles. The average Bonchev–Trinajstić information content (AvgIpc) is 3.51. The minimum absolute atomic E-state index is 0.102. The van der Waals surface area contributed by atoms with Crippen LogP contribution >= 0.6 is 11.3 Å². The number of benzene rings is 2. The fraction of sp³-hybridized carbons (Fsp3) is 0.208. The van der Waals surface area contributed by atoms with Gasteiger partial charge in [-0.25, -0.2) is 4.79 Å². The predicted octanol–water partition coefficient (Wildman–Crippen LogP) is 4.13. The smallest absolute Gasteiger partial charge is 0.357 e. The second kappa shape index (κ2) is 8.25. The van der Waals surface area contributed by atoms with Crippen molar-refractivity contribution >= 4 is 34.1 Å². The molecule has 0 fully saturated rings. The fourth-order valence-electron chi connectivity index (χ4n) is 4.39. The fourth-order valence-corrected chi connectivity index (χ4v) is 5.25. The summed E-state index contributed by atoms with van der Waals surface area (Å²) in [5, 5.41) is 18.4. The lowest BCUT2D eigenvalue weighted by atomic mass is 9.90. The largest absolute Gasteiger partial charge is 0.493 e. The normalized spacial score (nSPS) is 15.3. The zero-order chi connectivity index (χ0) is 23.1. The quantitative estimate of drug-likeness (QED) is 0.461. The number of ether oxygens (including phenoxy) is 2. The van der Waals surface area contributed by atoms with Gasteiger partial charge in [0.05, 0.1) is 25.8 Å². The van der Waals surface area contributed by atoms with Crippen LogP contribution in [0.1, 0.15) is 42.9 Å². The Kier molecular flexibility index (Phi) is 5.26. The summed E-state index contributed by atoms with van der Waals surface area (Å²) in [5.74, 6) is -0.0471. The molecule has 0 saturated carbocycles. The molecule has 4 aromatic rings. The van der Waals surface area contributed by atoms with Crippen LogP contribution in [0.3, 0.4) is 0 Å². The summed E-state index contributed by atoms with van der Waals surface area (Å²) < 4.78 is 11.0. The number of nitrogens with zero attached hydrogens (tertiary/aromatic N) is 2. The van der Waals surface area contributed by atoms with E-state index in [2.05, 4.69) is 10.2 Å². The van der Waals surface area contributed by atoms with Gasteiger partial charge in [0, 0.05) is 22.4 Å². The molecule has 1 unspecified atom stereocenters. The van der Waals surface area contributed by atoms with E-state index in [0.717, 1.165) is 16.0 Å². The number of H-pyrrole nitrogens is 1. The predicted molar refractivity (Wildman–Crippen MR) is 124 cm³/mol. The molecule has 0 spiro atoms. The molecule has 0 radical (unpaired) electrons. The summed E-state index contributed by atoms with van der Waals surface area (Å²) in [4.78, 5) is 28.1. The number of nitrogens with one attached hydrogen (secondary N) is 1. The maximum absolute atomic E-state index is 13.7. The van der Waals surface area contributed by atoms with Gasteiger partial charge in [-0.15, -0.1) is 11.3 Å². The highest BCUT2D eigenvalue weighted by Gasteiger charge is 2.34. The van der Waals surface area contributed by atoms with Gasteiger partial charge in [-0.2, -0.15) is 5.10 Å². The number of carboxylic acids is 1. The van der Waals surface area contributed by atoms with Crippen molar-refractivity contribution in [2.24, 2.45) is 0 Å². The van der Waals surface area contributed by atoms with Crippen LogP contribution in [0.4, 0.5) is 0 Å². The second-order valence-electron chi connectivity index (χ2n) is 7.71. The van der Waals surface area contributed by atoms with E-state index in [4.69, 9.17) is 9.47 Å². The van der Waals surface area contributed by atoms with Crippen LogP contribution in [-0.4, -0.2) is 52.8 Å². The van der Waals surface area contributed by atoms with E-state index in [9.17, 15) is 14.7 Å². The van der Waals surface area contributed by atoms with Gasteiger partial charge in [-0.1, -0.05) is 6.07 Å². The highest BCUT2D eigenvalue weighted by molar-refractivity contribution is 7.10. The molecule has 1 aliphatic heterocycles. The Labute approximate surface area is 193 Å². The maximum atomic E-state index is 13.7. The second-order valence-corrected chi connectivity index (χ2v) is 8.69. The molecular formula is C24H21N3O5S. The van der Waals surface area contributed by atoms with Crippen LogP contribution in [0.5, 0.6) is 11.5 Å². The summed E-state index contributed by atoms with van der Waals surface area (Å²) >= 11 is 1.58. The van der Waals surface area contributed by atoms with E-state index in [1.807, 2.05) is 34.5 Å². The van der Waals surface area contributed by atoms with Crippen LogP contribution in [0, 0.1) is 0 Å². The van der Waals surface area contributed by atoms with E-state index in [1.165, 1.54) is 0 Å². The molecular weight excluding hydrogens is 442 g/mol. The number of fused-ring (bicyclic) bond motifs is 2. The lowest BCUT2D eigenvalue weighted by Crippen LogP contribution is -2.40. The molecule has 1 aliphatic rings. The number of aromatic nitrogens is 2. The number of rotatable bonds is 5. The molecule has 0 aliphatic carbocycles. The van der Waals surface area contributed by atoms with Crippen LogP contribution in [0.15, 0.2) is 47.8 Å². The van der Waals surface area contributed by atoms with Crippen molar-refractivity contribution in [3.63, 3.8) is 0 Å². The Morgan fingerprint density at radius 2 is 1.94 bits per heavy atom. The first-order valence-electron chi connectivity index (χ1n) is 10.3. The Hall–Kier alpha value is -3.85. The number of amides is 1. The van der Waals surface area contributed by atoms with Gasteiger partial charge < -0.3 is 19.5 Å². The Balaban J connectivity index is 1.60. The minimum atomic E-state index is -1.14. The average molecular weight is 464 g/mol. The number of carbonyl (C=O) groups excluding carboxylic acids is 1. The molecule has 2 N–H and O–H groups in total. The van der Waals surface area contributed by atoms with E-state index in [-0.39, 0.29) is 17.6 Å². The van der Waals surface area contributed by atoms with Gasteiger partial charge in [0.1, 0.15) is 0 Å². The topological polar surface area (TPSA) is 105 Å². The van der Waals surface area contributed by atoms with Gasteiger partial charge in [0.15, 0.2) is 17.2 Å². The molecule has 1 amide bonds. The zero-order valence-corrected chi connectivity index (χ0v) is 18.8. The summed E-state index contributed by atoms with van der Waals surface area (Å²) in [5.41, 5.74) is 2.98.